The first-order chi connectivity index (χ1) is 16.8. The van der Waals surface area contributed by atoms with E-state index in [-0.39, 0.29) is 12.5 Å². The smallest absolute Gasteiger partial charge is 0.334 e. The lowest BCUT2D eigenvalue weighted by atomic mass is 9.92. The zero-order valence-corrected chi connectivity index (χ0v) is 21.5. The molecule has 1 unspecified atom stereocenters. The van der Waals surface area contributed by atoms with Crippen LogP contribution in [0.1, 0.15) is 23.6 Å². The average molecular weight is 494 g/mol. The third kappa shape index (κ3) is 5.98. The monoisotopic (exact) mass is 493 g/mol. The molecule has 0 aliphatic rings. The highest BCUT2D eigenvalue weighted by Crippen LogP contribution is 2.44. The van der Waals surface area contributed by atoms with Crippen LogP contribution in [0.4, 0.5) is 5.69 Å². The summed E-state index contributed by atoms with van der Waals surface area (Å²) in [6.07, 6.45) is 0.114. The summed E-state index contributed by atoms with van der Waals surface area (Å²) in [5.74, 6) is -0.598. The first kappa shape index (κ1) is 26.2. The van der Waals surface area contributed by atoms with E-state index in [2.05, 4.69) is 4.90 Å². The molecule has 0 saturated carbocycles. The molecule has 6 nitrogen and oxygen atoms in total. The third-order valence-corrected chi connectivity index (χ3v) is 7.31. The Bertz CT molecular complexity index is 1100. The maximum Gasteiger partial charge on any atom is 0.334 e. The van der Waals surface area contributed by atoms with Crippen LogP contribution in [0.5, 0.6) is 5.75 Å². The highest BCUT2D eigenvalue weighted by atomic mass is 32.2. The van der Waals surface area contributed by atoms with Crippen molar-refractivity contribution in [3.05, 3.63) is 90.0 Å². The van der Waals surface area contributed by atoms with Gasteiger partial charge in [-0.2, -0.15) is 0 Å². The number of methoxy groups -OCH3 is 3. The van der Waals surface area contributed by atoms with Crippen molar-refractivity contribution in [3.63, 3.8) is 0 Å². The first-order valence-electron chi connectivity index (χ1n) is 11.2. The molecule has 7 heteroatoms. The fraction of sp³-hybridized carbons (Fsp3) is 0.286. The number of thioether (sulfide) groups is 1. The first-order valence-corrected chi connectivity index (χ1v) is 12.0. The number of rotatable bonds is 10. The minimum absolute atomic E-state index is 0.114. The lowest BCUT2D eigenvalue weighted by Gasteiger charge is -2.37. The van der Waals surface area contributed by atoms with Crippen LogP contribution in [0, 0.1) is 6.92 Å². The molecule has 3 rings (SSSR count). The number of carbonyl (C=O) groups is 2. The number of hydrogen-bond acceptors (Lipinski definition) is 7. The Labute approximate surface area is 211 Å². The summed E-state index contributed by atoms with van der Waals surface area (Å²) in [5, 5.41) is 0. The van der Waals surface area contributed by atoms with Gasteiger partial charge in [0.2, 0.25) is 4.75 Å². The number of esters is 2. The van der Waals surface area contributed by atoms with Gasteiger partial charge in [0, 0.05) is 24.1 Å². The number of nitrogens with zero attached hydrogens (tertiary/aromatic N) is 1. The number of ether oxygens (including phenoxy) is 3. The Balaban J connectivity index is 2.14. The minimum Gasteiger partial charge on any atom is -0.497 e. The normalized spacial score (nSPS) is 11.9. The van der Waals surface area contributed by atoms with Crippen molar-refractivity contribution in [1.82, 2.24) is 0 Å². The molecule has 0 spiro atoms. The Kier molecular flexibility index (Phi) is 8.82. The fourth-order valence-electron chi connectivity index (χ4n) is 3.93. The molecule has 0 radical (unpaired) electrons. The van der Waals surface area contributed by atoms with Gasteiger partial charge >= 0.3 is 11.9 Å². The molecule has 184 valence electrons. The maximum atomic E-state index is 13.3. The summed E-state index contributed by atoms with van der Waals surface area (Å²) in [4.78, 5) is 29.5. The van der Waals surface area contributed by atoms with Gasteiger partial charge in [-0.1, -0.05) is 59.8 Å². The molecule has 35 heavy (non-hydrogen) atoms. The molecule has 0 fully saturated rings. The van der Waals surface area contributed by atoms with E-state index in [9.17, 15) is 9.59 Å². The van der Waals surface area contributed by atoms with Gasteiger partial charge in [-0.15, -0.1) is 0 Å². The van der Waals surface area contributed by atoms with Crippen LogP contribution in [-0.2, 0) is 19.1 Å². The number of aryl methyl sites for hydroxylation is 1. The Hall–Kier alpha value is -3.45. The Morgan fingerprint density at radius 2 is 1.43 bits per heavy atom. The van der Waals surface area contributed by atoms with Gasteiger partial charge in [0.25, 0.3) is 0 Å². The van der Waals surface area contributed by atoms with Crippen LogP contribution in [0.3, 0.4) is 0 Å². The molecular weight excluding hydrogens is 462 g/mol. The van der Waals surface area contributed by atoms with Crippen LogP contribution in [-0.4, -0.2) is 45.1 Å². The summed E-state index contributed by atoms with van der Waals surface area (Å²) in [7, 11) is 6.14. The molecule has 0 N–H and O–H groups in total. The van der Waals surface area contributed by atoms with E-state index in [0.29, 0.717) is 0 Å². The highest BCUT2D eigenvalue weighted by Gasteiger charge is 2.52. The molecule has 3 aromatic carbocycles. The SMILES string of the molecule is COC(=O)C(CC(c1ccc(OC)cc1)N(C)c1ccc(C)cc1)(Sc1ccccc1)C(=O)OC. The second-order valence-corrected chi connectivity index (χ2v) is 9.54. The lowest BCUT2D eigenvalue weighted by molar-refractivity contribution is -0.156. The van der Waals surface area contributed by atoms with Gasteiger partial charge < -0.3 is 19.1 Å². The number of hydrogen-bond donors (Lipinski definition) is 0. The van der Waals surface area contributed by atoms with Gasteiger partial charge in [0.1, 0.15) is 5.75 Å². The predicted octanol–water partition coefficient (Wildman–Crippen LogP) is 5.45. The summed E-state index contributed by atoms with van der Waals surface area (Å²) in [5.41, 5.74) is 3.01. The van der Waals surface area contributed by atoms with E-state index in [4.69, 9.17) is 14.2 Å². The summed E-state index contributed by atoms with van der Waals surface area (Å²) < 4.78 is 14.1. The van der Waals surface area contributed by atoms with E-state index < -0.39 is 16.7 Å². The zero-order chi connectivity index (χ0) is 25.4. The van der Waals surface area contributed by atoms with Gasteiger partial charge in [-0.05, 0) is 48.9 Å². The molecule has 0 aliphatic carbocycles. The molecular formula is C28H31NO5S. The van der Waals surface area contributed by atoms with Gasteiger partial charge in [0.15, 0.2) is 0 Å². The molecule has 0 aromatic heterocycles. The van der Waals surface area contributed by atoms with Crippen molar-refractivity contribution in [2.45, 2.75) is 29.0 Å². The standard InChI is InChI=1S/C28H31NO5S/c1-20-11-15-22(16-12-20)29(2)25(21-13-17-23(32-3)18-14-21)19-28(26(30)33-4,27(31)34-5)35-24-9-7-6-8-10-24/h6-18,25H,19H2,1-5H3. The van der Waals surface area contributed by atoms with Crippen molar-refractivity contribution in [2.24, 2.45) is 0 Å². The molecule has 0 saturated heterocycles. The highest BCUT2D eigenvalue weighted by molar-refractivity contribution is 8.02. The molecule has 0 bridgehead atoms. The second kappa shape index (κ2) is 11.8. The number of benzene rings is 3. The molecule has 0 aliphatic heterocycles. The molecule has 0 heterocycles. The van der Waals surface area contributed by atoms with Gasteiger partial charge in [0.05, 0.1) is 27.4 Å². The van der Waals surface area contributed by atoms with Crippen molar-refractivity contribution in [2.75, 3.05) is 33.3 Å². The van der Waals surface area contributed by atoms with Crippen LogP contribution in [0.15, 0.2) is 83.8 Å². The third-order valence-electron chi connectivity index (χ3n) is 5.96. The van der Waals surface area contributed by atoms with Gasteiger partial charge in [-0.3, -0.25) is 0 Å². The van der Waals surface area contributed by atoms with E-state index in [1.165, 1.54) is 14.2 Å². The predicted molar refractivity (Wildman–Crippen MR) is 139 cm³/mol. The summed E-state index contributed by atoms with van der Waals surface area (Å²) >= 11 is 1.15. The van der Waals surface area contributed by atoms with Crippen molar-refractivity contribution >= 4 is 29.4 Å². The van der Waals surface area contributed by atoms with Gasteiger partial charge in [-0.25, -0.2) is 9.59 Å². The molecule has 1 atom stereocenters. The second-order valence-electron chi connectivity index (χ2n) is 8.16. The van der Waals surface area contributed by atoms with Crippen molar-refractivity contribution in [1.29, 1.82) is 0 Å². The topological polar surface area (TPSA) is 65.1 Å². The lowest BCUT2D eigenvalue weighted by Crippen LogP contribution is -2.48. The average Bonchev–Trinajstić information content (AvgIpc) is 2.90. The van der Waals surface area contributed by atoms with E-state index in [0.717, 1.165) is 39.2 Å². The van der Waals surface area contributed by atoms with E-state index >= 15 is 0 Å². The number of anilines is 1. The van der Waals surface area contributed by atoms with Crippen LogP contribution in [0.2, 0.25) is 0 Å². The Morgan fingerprint density at radius 1 is 0.857 bits per heavy atom. The Morgan fingerprint density at radius 3 is 1.94 bits per heavy atom. The van der Waals surface area contributed by atoms with E-state index in [1.807, 2.05) is 92.8 Å². The fourth-order valence-corrected chi connectivity index (χ4v) is 5.20. The van der Waals surface area contributed by atoms with E-state index in [1.54, 1.807) is 7.11 Å². The van der Waals surface area contributed by atoms with Crippen molar-refractivity contribution in [3.8, 4) is 5.75 Å². The minimum atomic E-state index is -1.63. The van der Waals surface area contributed by atoms with Crippen molar-refractivity contribution < 1.29 is 23.8 Å². The maximum absolute atomic E-state index is 13.3. The summed E-state index contributed by atoms with van der Waals surface area (Å²) in [6.45, 7) is 2.03. The zero-order valence-electron chi connectivity index (χ0n) is 20.7. The number of carbonyl (C=O) groups excluding carboxylic acids is 2. The van der Waals surface area contributed by atoms with Crippen LogP contribution in [0.25, 0.3) is 0 Å². The van der Waals surface area contributed by atoms with Crippen LogP contribution >= 0.6 is 11.8 Å². The molecule has 3 aromatic rings. The summed E-state index contributed by atoms with van der Waals surface area (Å²) in [6, 6.07) is 24.7. The quantitative estimate of drug-likeness (QED) is 0.211. The largest absolute Gasteiger partial charge is 0.497 e. The van der Waals surface area contributed by atoms with Crippen LogP contribution < -0.4 is 9.64 Å². The molecule has 0 amide bonds.